The number of amides is 1. The number of benzene rings is 1. The Morgan fingerprint density at radius 3 is 2.88 bits per heavy atom. The van der Waals surface area contributed by atoms with Gasteiger partial charge in [-0.1, -0.05) is 13.3 Å². The van der Waals surface area contributed by atoms with E-state index in [1.54, 1.807) is 38.3 Å². The first kappa shape index (κ1) is 22.1. The maximum atomic E-state index is 13.2. The number of carbonyl (C=O) groups excluding carboxylic acids is 2. The van der Waals surface area contributed by atoms with Crippen LogP contribution in [0, 0.1) is 5.92 Å². The van der Waals surface area contributed by atoms with E-state index in [0.29, 0.717) is 33.6 Å². The number of carbonyl (C=O) groups is 2. The number of nitrogens with one attached hydrogen (secondary N) is 1. The third-order valence-electron chi connectivity index (χ3n) is 5.88. The highest BCUT2D eigenvalue weighted by molar-refractivity contribution is 7.17. The first-order chi connectivity index (χ1) is 15.5. The lowest BCUT2D eigenvalue weighted by Crippen LogP contribution is -2.17. The zero-order valence-electron chi connectivity index (χ0n) is 18.5. The molecule has 4 rings (SSSR count). The van der Waals surface area contributed by atoms with Crippen molar-refractivity contribution in [1.82, 2.24) is 0 Å². The van der Waals surface area contributed by atoms with Crippen LogP contribution >= 0.6 is 11.3 Å². The van der Waals surface area contributed by atoms with Crippen molar-refractivity contribution < 1.29 is 23.8 Å². The van der Waals surface area contributed by atoms with E-state index in [2.05, 4.69) is 12.2 Å². The predicted octanol–water partition coefficient (Wildman–Crippen LogP) is 5.38. The lowest BCUT2D eigenvalue weighted by Gasteiger charge is -2.20. The molecule has 0 spiro atoms. The number of hydrogen-bond acceptors (Lipinski definition) is 6. The molecule has 1 aromatic carbocycles. The second-order valence-electron chi connectivity index (χ2n) is 7.82. The standard InChI is InChI=1S/C25H27NO5S/c1-4-15-6-8-19-21(12-15)32-24(22(19)25(28)30-5-2)26-23(27)16-10-11-31-20-9-7-18(29-3)14-17(20)13-16/h7,9-11,13-15H,4-6,8,12H2,1-3H3,(H,26,27)/t15-/m0/s1. The number of methoxy groups -OCH3 is 1. The van der Waals surface area contributed by atoms with E-state index in [9.17, 15) is 9.59 Å². The van der Waals surface area contributed by atoms with Crippen molar-refractivity contribution in [3.63, 3.8) is 0 Å². The molecule has 2 heterocycles. The molecule has 2 aliphatic rings. The molecule has 2 aromatic rings. The van der Waals surface area contributed by atoms with E-state index < -0.39 is 0 Å². The number of anilines is 1. The number of fused-ring (bicyclic) bond motifs is 2. The molecule has 0 fully saturated rings. The summed E-state index contributed by atoms with van der Waals surface area (Å²) >= 11 is 1.49. The highest BCUT2D eigenvalue weighted by atomic mass is 32.1. The Hall–Kier alpha value is -3.06. The van der Waals surface area contributed by atoms with E-state index in [1.165, 1.54) is 22.5 Å². The quantitative estimate of drug-likeness (QED) is 0.595. The minimum Gasteiger partial charge on any atom is -0.497 e. The van der Waals surface area contributed by atoms with Crippen LogP contribution in [0.5, 0.6) is 11.5 Å². The van der Waals surface area contributed by atoms with Crippen LogP contribution in [-0.2, 0) is 22.4 Å². The summed E-state index contributed by atoms with van der Waals surface area (Å²) in [7, 11) is 1.59. The molecular weight excluding hydrogens is 426 g/mol. The van der Waals surface area contributed by atoms with Gasteiger partial charge in [0.25, 0.3) is 5.91 Å². The zero-order valence-corrected chi connectivity index (χ0v) is 19.3. The molecule has 0 saturated heterocycles. The maximum absolute atomic E-state index is 13.2. The minimum absolute atomic E-state index is 0.290. The van der Waals surface area contributed by atoms with Crippen LogP contribution in [0.2, 0.25) is 0 Å². The second-order valence-corrected chi connectivity index (χ2v) is 8.93. The monoisotopic (exact) mass is 453 g/mol. The van der Waals surface area contributed by atoms with Crippen molar-refractivity contribution in [3.8, 4) is 11.5 Å². The second kappa shape index (κ2) is 9.61. The highest BCUT2D eigenvalue weighted by Crippen LogP contribution is 2.41. The van der Waals surface area contributed by atoms with Gasteiger partial charge in [-0.05, 0) is 68.0 Å². The third kappa shape index (κ3) is 4.43. The number of rotatable bonds is 6. The summed E-state index contributed by atoms with van der Waals surface area (Å²) in [5, 5.41) is 3.53. The van der Waals surface area contributed by atoms with E-state index in [0.717, 1.165) is 36.8 Å². The van der Waals surface area contributed by atoms with E-state index in [-0.39, 0.29) is 18.5 Å². The summed E-state index contributed by atoms with van der Waals surface area (Å²) in [5.41, 5.74) is 2.69. The molecule has 0 bridgehead atoms. The Labute approximate surface area is 191 Å². The van der Waals surface area contributed by atoms with Crippen molar-refractivity contribution in [2.75, 3.05) is 19.0 Å². The van der Waals surface area contributed by atoms with Crippen LogP contribution in [0.25, 0.3) is 6.08 Å². The van der Waals surface area contributed by atoms with Crippen molar-refractivity contribution in [3.05, 3.63) is 57.7 Å². The first-order valence-corrected chi connectivity index (χ1v) is 11.7. The molecule has 6 nitrogen and oxygen atoms in total. The first-order valence-electron chi connectivity index (χ1n) is 10.9. The summed E-state index contributed by atoms with van der Waals surface area (Å²) in [6.07, 6.45) is 8.77. The van der Waals surface area contributed by atoms with Crippen molar-refractivity contribution in [1.29, 1.82) is 0 Å². The summed E-state index contributed by atoms with van der Waals surface area (Å²) in [6, 6.07) is 5.41. The van der Waals surface area contributed by atoms with Gasteiger partial charge < -0.3 is 19.5 Å². The van der Waals surface area contributed by atoms with Gasteiger partial charge >= 0.3 is 5.97 Å². The lowest BCUT2D eigenvalue weighted by molar-refractivity contribution is -0.112. The summed E-state index contributed by atoms with van der Waals surface area (Å²) < 4.78 is 16.2. The van der Waals surface area contributed by atoms with Gasteiger partial charge in [-0.15, -0.1) is 11.3 Å². The Morgan fingerprint density at radius 1 is 1.28 bits per heavy atom. The van der Waals surface area contributed by atoms with Gasteiger partial charge in [0.2, 0.25) is 0 Å². The molecule has 1 N–H and O–H groups in total. The Bertz CT molecular complexity index is 1100. The molecule has 168 valence electrons. The van der Waals surface area contributed by atoms with Gasteiger partial charge in [0.05, 0.1) is 25.5 Å². The largest absolute Gasteiger partial charge is 0.497 e. The fraction of sp³-hybridized carbons (Fsp3) is 0.360. The molecule has 32 heavy (non-hydrogen) atoms. The average Bonchev–Trinajstić information content (AvgIpc) is 3.01. The van der Waals surface area contributed by atoms with E-state index >= 15 is 0 Å². The van der Waals surface area contributed by atoms with Gasteiger partial charge in [0.15, 0.2) is 0 Å². The van der Waals surface area contributed by atoms with Gasteiger partial charge in [-0.3, -0.25) is 4.79 Å². The molecule has 0 saturated carbocycles. The van der Waals surface area contributed by atoms with Crippen LogP contribution in [-0.4, -0.2) is 25.6 Å². The van der Waals surface area contributed by atoms with Crippen molar-refractivity contribution in [2.45, 2.75) is 39.5 Å². The van der Waals surface area contributed by atoms with Gasteiger partial charge in [0, 0.05) is 16.0 Å². The maximum Gasteiger partial charge on any atom is 0.341 e. The van der Waals surface area contributed by atoms with Crippen LogP contribution in [0.15, 0.2) is 36.1 Å². The predicted molar refractivity (Wildman–Crippen MR) is 125 cm³/mol. The van der Waals surface area contributed by atoms with Crippen molar-refractivity contribution >= 4 is 34.3 Å². The van der Waals surface area contributed by atoms with E-state index in [4.69, 9.17) is 14.2 Å². The fourth-order valence-corrected chi connectivity index (χ4v) is 5.44. The lowest BCUT2D eigenvalue weighted by atomic mass is 9.85. The van der Waals surface area contributed by atoms with Crippen molar-refractivity contribution in [2.24, 2.45) is 5.92 Å². The fourth-order valence-electron chi connectivity index (χ4n) is 4.10. The molecule has 1 aromatic heterocycles. The molecular formula is C25H27NO5S. The molecule has 7 heteroatoms. The highest BCUT2D eigenvalue weighted by Gasteiger charge is 2.30. The molecule has 1 aliphatic heterocycles. The van der Waals surface area contributed by atoms with Gasteiger partial charge in [-0.2, -0.15) is 0 Å². The average molecular weight is 454 g/mol. The summed E-state index contributed by atoms with van der Waals surface area (Å²) in [4.78, 5) is 27.1. The number of esters is 1. The van der Waals surface area contributed by atoms with Crippen LogP contribution < -0.4 is 14.8 Å². The molecule has 1 aliphatic carbocycles. The van der Waals surface area contributed by atoms with E-state index in [1.807, 2.05) is 6.07 Å². The number of ether oxygens (including phenoxy) is 3. The molecule has 0 radical (unpaired) electrons. The Kier molecular flexibility index (Phi) is 6.65. The SMILES string of the molecule is CCOC(=O)c1c(NC(=O)C2=Cc3cc(OC)ccc3OC=C2)sc2c1CC[C@H](CC)C2. The smallest absolute Gasteiger partial charge is 0.341 e. The van der Waals surface area contributed by atoms with Crippen LogP contribution in [0.4, 0.5) is 5.00 Å². The van der Waals surface area contributed by atoms with Gasteiger partial charge in [0.1, 0.15) is 16.5 Å². The zero-order chi connectivity index (χ0) is 22.7. The minimum atomic E-state index is -0.376. The summed E-state index contributed by atoms with van der Waals surface area (Å²) in [6.45, 7) is 4.27. The normalized spacial score (nSPS) is 16.7. The molecule has 1 atom stereocenters. The molecule has 1 amide bonds. The number of thiophene rings is 1. The number of hydrogen-bond donors (Lipinski definition) is 1. The Balaban J connectivity index is 1.66. The molecule has 0 unspecified atom stereocenters. The third-order valence-corrected chi connectivity index (χ3v) is 7.05. The van der Waals surface area contributed by atoms with Gasteiger partial charge in [-0.25, -0.2) is 4.79 Å². The topological polar surface area (TPSA) is 73.9 Å². The van der Waals surface area contributed by atoms with Crippen LogP contribution in [0.1, 0.15) is 53.1 Å². The van der Waals surface area contributed by atoms with Crippen LogP contribution in [0.3, 0.4) is 0 Å². The summed E-state index contributed by atoms with van der Waals surface area (Å²) in [5.74, 6) is 1.23. The Morgan fingerprint density at radius 2 is 2.12 bits per heavy atom.